The molecule has 2 aromatic heterocycles. The fraction of sp³-hybridized carbons (Fsp3) is 0.370. The minimum atomic E-state index is -1.03. The Hall–Kier alpha value is -2.49. The van der Waals surface area contributed by atoms with Crippen molar-refractivity contribution in [1.82, 2.24) is 10.1 Å². The van der Waals surface area contributed by atoms with Crippen molar-refractivity contribution in [2.45, 2.75) is 50.9 Å². The lowest BCUT2D eigenvalue weighted by Gasteiger charge is -2.41. The van der Waals surface area contributed by atoms with Gasteiger partial charge in [-0.25, -0.2) is 9.78 Å². The molecule has 6 rings (SSSR count). The van der Waals surface area contributed by atoms with Crippen LogP contribution in [0.25, 0.3) is 21.5 Å². The van der Waals surface area contributed by atoms with Gasteiger partial charge in [0, 0.05) is 11.1 Å². The number of rotatable bonds is 6. The van der Waals surface area contributed by atoms with Gasteiger partial charge in [0.2, 0.25) is 0 Å². The number of aromatic carboxylic acids is 1. The highest BCUT2D eigenvalue weighted by atomic mass is 35.5. The number of aromatic nitrogens is 2. The largest absolute Gasteiger partial charge is 0.478 e. The molecule has 2 bridgehead atoms. The fourth-order valence-corrected chi connectivity index (χ4v) is 7.73. The summed E-state index contributed by atoms with van der Waals surface area (Å²) in [5.41, 5.74) is 1.92. The summed E-state index contributed by atoms with van der Waals surface area (Å²) in [5, 5.41) is 27.1. The highest BCUT2D eigenvalue weighted by molar-refractivity contribution is 7.18. The van der Waals surface area contributed by atoms with E-state index < -0.39 is 11.6 Å². The van der Waals surface area contributed by atoms with E-state index >= 15 is 0 Å². The van der Waals surface area contributed by atoms with Crippen molar-refractivity contribution in [3.05, 3.63) is 68.3 Å². The van der Waals surface area contributed by atoms with Crippen LogP contribution in [0.2, 0.25) is 10.0 Å². The predicted octanol–water partition coefficient (Wildman–Crippen LogP) is 6.86. The lowest BCUT2D eigenvalue weighted by Crippen LogP contribution is -2.44. The molecule has 2 aliphatic rings. The van der Waals surface area contributed by atoms with Crippen LogP contribution in [0.15, 0.2) is 40.9 Å². The first kappa shape index (κ1) is 24.8. The van der Waals surface area contributed by atoms with E-state index in [9.17, 15) is 15.0 Å². The molecule has 2 saturated carbocycles. The summed E-state index contributed by atoms with van der Waals surface area (Å²) in [6.07, 6.45) is 3.16. The third-order valence-corrected chi connectivity index (χ3v) is 9.62. The van der Waals surface area contributed by atoms with Gasteiger partial charge in [0.1, 0.15) is 22.1 Å². The van der Waals surface area contributed by atoms with Gasteiger partial charge in [-0.3, -0.25) is 0 Å². The molecule has 2 unspecified atom stereocenters. The van der Waals surface area contributed by atoms with E-state index in [-0.39, 0.29) is 23.5 Å². The molecule has 0 radical (unpaired) electrons. The summed E-state index contributed by atoms with van der Waals surface area (Å²) < 4.78 is 12.6. The molecule has 2 N–H and O–H groups in total. The molecule has 4 aromatic rings. The number of halogens is 2. The van der Waals surface area contributed by atoms with Gasteiger partial charge in [-0.1, -0.05) is 34.4 Å². The molecule has 2 fully saturated rings. The second kappa shape index (κ2) is 9.36. The Morgan fingerprint density at radius 3 is 2.57 bits per heavy atom. The van der Waals surface area contributed by atoms with Crippen molar-refractivity contribution in [1.29, 1.82) is 0 Å². The van der Waals surface area contributed by atoms with E-state index in [1.54, 1.807) is 36.4 Å². The predicted molar refractivity (Wildman–Crippen MR) is 141 cm³/mol. The topological polar surface area (TPSA) is 106 Å². The maximum Gasteiger partial charge on any atom is 0.335 e. The zero-order valence-corrected chi connectivity index (χ0v) is 22.2. The normalized spacial score (nSPS) is 25.1. The van der Waals surface area contributed by atoms with Gasteiger partial charge in [-0.15, -0.1) is 11.3 Å². The Bertz CT molecular complexity index is 1480. The second-order valence-corrected chi connectivity index (χ2v) is 11.7. The van der Waals surface area contributed by atoms with Gasteiger partial charge in [0.15, 0.2) is 0 Å². The van der Waals surface area contributed by atoms with Crippen molar-refractivity contribution < 1.29 is 24.3 Å². The molecule has 10 heteroatoms. The van der Waals surface area contributed by atoms with Crippen LogP contribution in [0.5, 0.6) is 0 Å². The number of nitrogens with zero attached hydrogens (tertiary/aromatic N) is 2. The number of carbonyl (C=O) groups is 1. The van der Waals surface area contributed by atoms with Crippen LogP contribution in [0.4, 0.5) is 0 Å². The van der Waals surface area contributed by atoms with Crippen molar-refractivity contribution in [3.63, 3.8) is 0 Å². The van der Waals surface area contributed by atoms with Crippen molar-refractivity contribution in [2.75, 3.05) is 0 Å². The molecule has 192 valence electrons. The van der Waals surface area contributed by atoms with Gasteiger partial charge >= 0.3 is 5.97 Å². The lowest BCUT2D eigenvalue weighted by molar-refractivity contribution is -0.116. The van der Waals surface area contributed by atoms with Gasteiger partial charge in [0.05, 0.1) is 38.5 Å². The summed E-state index contributed by atoms with van der Waals surface area (Å²) in [7, 11) is 0. The number of hydrogen-bond donors (Lipinski definition) is 2. The number of benzene rings is 2. The van der Waals surface area contributed by atoms with Crippen LogP contribution in [0.1, 0.15) is 52.4 Å². The number of ether oxygens (including phenoxy) is 1. The molecule has 37 heavy (non-hydrogen) atoms. The minimum absolute atomic E-state index is 0.0109. The lowest BCUT2D eigenvalue weighted by atomic mass is 9.73. The Kier molecular flexibility index (Phi) is 6.28. The molecule has 0 saturated heterocycles. The van der Waals surface area contributed by atoms with Crippen molar-refractivity contribution in [3.8, 4) is 11.3 Å². The Morgan fingerprint density at radius 1 is 1.19 bits per heavy atom. The average Bonchev–Trinajstić information content (AvgIpc) is 3.49. The molecule has 4 atom stereocenters. The van der Waals surface area contributed by atoms with Crippen LogP contribution >= 0.6 is 34.5 Å². The van der Waals surface area contributed by atoms with Crippen molar-refractivity contribution >= 4 is 50.7 Å². The molecule has 2 aromatic carbocycles. The summed E-state index contributed by atoms with van der Waals surface area (Å²) in [6, 6.07) is 10.2. The van der Waals surface area contributed by atoms with Gasteiger partial charge < -0.3 is 19.5 Å². The van der Waals surface area contributed by atoms with Crippen molar-refractivity contribution in [2.24, 2.45) is 11.8 Å². The maximum absolute atomic E-state index is 11.9. The van der Waals surface area contributed by atoms with E-state index in [4.69, 9.17) is 37.4 Å². The minimum Gasteiger partial charge on any atom is -0.478 e. The summed E-state index contributed by atoms with van der Waals surface area (Å²) >= 11 is 14.2. The third kappa shape index (κ3) is 4.15. The first-order valence-corrected chi connectivity index (χ1v) is 13.7. The quantitative estimate of drug-likeness (QED) is 0.266. The second-order valence-electron chi connectivity index (χ2n) is 9.87. The van der Waals surface area contributed by atoms with Crippen LogP contribution in [-0.2, 0) is 16.9 Å². The molecule has 7 nitrogen and oxygen atoms in total. The Balaban J connectivity index is 1.21. The maximum atomic E-state index is 11.9. The first-order chi connectivity index (χ1) is 17.8. The Morgan fingerprint density at radius 2 is 1.89 bits per heavy atom. The van der Waals surface area contributed by atoms with Gasteiger partial charge in [-0.05, 0) is 74.8 Å². The number of hydrogen-bond acceptors (Lipinski definition) is 7. The van der Waals surface area contributed by atoms with E-state index in [1.807, 2.05) is 6.92 Å². The van der Waals surface area contributed by atoms with Crippen LogP contribution in [0, 0.1) is 18.8 Å². The number of carboxylic acids is 1. The van der Waals surface area contributed by atoms with Gasteiger partial charge in [0.25, 0.3) is 0 Å². The highest BCUT2D eigenvalue weighted by Gasteiger charge is 2.56. The number of thiazole rings is 1. The number of aryl methyl sites for hydroxylation is 1. The van der Waals surface area contributed by atoms with E-state index in [0.29, 0.717) is 57.0 Å². The standard InChI is InChI=1S/C27H24Cl2N2O5S/c1-13-18(24(31-36-13)23-19(28)3-2-4-20(23)29)12-35-17-10-15-6-7-16(11-17)27(15,34)26-30-21-8-5-14(25(32)33)9-22(21)37-26/h2-5,8-9,15-17,34H,6-7,10-12H2,1H3,(H,32,33)/t15-,16+,17?,27?. The number of carboxylic acid groups (broad SMARTS) is 1. The van der Waals surface area contributed by atoms with E-state index in [1.165, 1.54) is 11.3 Å². The van der Waals surface area contributed by atoms with Crippen LogP contribution < -0.4 is 0 Å². The fourth-order valence-electron chi connectivity index (χ4n) is 5.90. The molecule has 0 amide bonds. The third-order valence-electron chi connectivity index (χ3n) is 7.83. The van der Waals surface area contributed by atoms with E-state index in [0.717, 1.165) is 23.1 Å². The van der Waals surface area contributed by atoms with E-state index in [2.05, 4.69) is 5.16 Å². The van der Waals surface area contributed by atoms with Crippen LogP contribution in [0.3, 0.4) is 0 Å². The molecule has 0 aliphatic heterocycles. The summed E-state index contributed by atoms with van der Waals surface area (Å²) in [4.78, 5) is 16.1. The highest BCUT2D eigenvalue weighted by Crippen LogP contribution is 2.56. The SMILES string of the molecule is Cc1onc(-c2c(Cl)cccc2Cl)c1COC1C[C@H]2CC[C@@H](C1)C2(O)c1nc2ccc(C(=O)O)cc2s1. The summed E-state index contributed by atoms with van der Waals surface area (Å²) in [5.74, 6) is -0.304. The first-order valence-electron chi connectivity index (χ1n) is 12.1. The molecule has 2 aliphatic carbocycles. The molecule has 2 heterocycles. The molecule has 0 spiro atoms. The summed E-state index contributed by atoms with van der Waals surface area (Å²) in [6.45, 7) is 2.14. The van der Waals surface area contributed by atoms with Gasteiger partial charge in [-0.2, -0.15) is 0 Å². The smallest absolute Gasteiger partial charge is 0.335 e. The monoisotopic (exact) mass is 558 g/mol. The number of fused-ring (bicyclic) bond motifs is 3. The number of aliphatic hydroxyl groups is 1. The average molecular weight is 559 g/mol. The Labute approximate surface area is 227 Å². The van der Waals surface area contributed by atoms with Crippen LogP contribution in [-0.4, -0.2) is 32.4 Å². The molecular formula is C27H24Cl2N2O5S. The zero-order valence-electron chi connectivity index (χ0n) is 19.9. The zero-order chi connectivity index (χ0) is 25.9. The molecular weight excluding hydrogens is 535 g/mol.